The Hall–Kier alpha value is -2.21. The molecule has 1 atom stereocenters. The van der Waals surface area contributed by atoms with Crippen molar-refractivity contribution in [1.82, 2.24) is 4.57 Å². The fourth-order valence-corrected chi connectivity index (χ4v) is 1.88. The summed E-state index contributed by atoms with van der Waals surface area (Å²) in [5.41, 5.74) is 6.92. The summed E-state index contributed by atoms with van der Waals surface area (Å²) in [4.78, 5) is 10.4. The normalized spacial score (nSPS) is 12.4. The molecule has 0 aliphatic heterocycles. The Morgan fingerprint density at radius 3 is 2.79 bits per heavy atom. The van der Waals surface area contributed by atoms with Gasteiger partial charge < -0.3 is 10.3 Å². The van der Waals surface area contributed by atoms with Gasteiger partial charge in [0.15, 0.2) is 0 Å². The minimum absolute atomic E-state index is 0.0857. The van der Waals surface area contributed by atoms with Crippen molar-refractivity contribution >= 4 is 5.69 Å². The monoisotopic (exact) mass is 263 g/mol. The van der Waals surface area contributed by atoms with Gasteiger partial charge in [-0.3, -0.25) is 10.1 Å². The van der Waals surface area contributed by atoms with Crippen LogP contribution >= 0.6 is 0 Å². The summed E-state index contributed by atoms with van der Waals surface area (Å²) in [7, 11) is 0. The molecule has 0 amide bonds. The van der Waals surface area contributed by atoms with Crippen LogP contribution in [0.1, 0.15) is 24.1 Å². The van der Waals surface area contributed by atoms with Gasteiger partial charge in [0.05, 0.1) is 17.0 Å². The highest BCUT2D eigenvalue weighted by atomic mass is 19.1. The molecule has 19 heavy (non-hydrogen) atoms. The third-order valence-corrected chi connectivity index (χ3v) is 2.89. The van der Waals surface area contributed by atoms with Crippen molar-refractivity contribution < 1.29 is 9.31 Å². The highest BCUT2D eigenvalue weighted by molar-refractivity contribution is 5.40. The van der Waals surface area contributed by atoms with Gasteiger partial charge in [-0.1, -0.05) is 0 Å². The fraction of sp³-hybridized carbons (Fsp3) is 0.231. The molecule has 1 heterocycles. The number of benzene rings is 1. The summed E-state index contributed by atoms with van der Waals surface area (Å²) in [6.07, 6.45) is 3.58. The van der Waals surface area contributed by atoms with Crippen LogP contribution < -0.4 is 5.73 Å². The summed E-state index contributed by atoms with van der Waals surface area (Å²) in [5.74, 6) is -0.486. The lowest BCUT2D eigenvalue weighted by molar-refractivity contribution is -0.385. The average molecular weight is 263 g/mol. The molecule has 1 aromatic heterocycles. The second-order valence-corrected chi connectivity index (χ2v) is 4.44. The van der Waals surface area contributed by atoms with Crippen molar-refractivity contribution in [3.63, 3.8) is 0 Å². The van der Waals surface area contributed by atoms with Crippen LogP contribution in [0.15, 0.2) is 36.7 Å². The van der Waals surface area contributed by atoms with Crippen molar-refractivity contribution in [2.24, 2.45) is 5.73 Å². The minimum atomic E-state index is -0.509. The van der Waals surface area contributed by atoms with Crippen LogP contribution in [0.3, 0.4) is 0 Å². The Balaban J connectivity index is 2.31. The van der Waals surface area contributed by atoms with Crippen LogP contribution in [0.2, 0.25) is 0 Å². The maximum absolute atomic E-state index is 13.2. The van der Waals surface area contributed by atoms with Crippen molar-refractivity contribution in [2.75, 3.05) is 0 Å². The van der Waals surface area contributed by atoms with Crippen LogP contribution in [-0.2, 0) is 6.54 Å². The molecule has 2 rings (SSSR count). The Labute approximate surface area is 109 Å². The summed E-state index contributed by atoms with van der Waals surface area (Å²) in [6, 6.07) is 5.19. The molecule has 5 nitrogen and oxygen atoms in total. The Morgan fingerprint density at radius 1 is 1.47 bits per heavy atom. The molecule has 100 valence electrons. The molecule has 0 spiro atoms. The third-order valence-electron chi connectivity index (χ3n) is 2.89. The molecule has 0 saturated heterocycles. The molecule has 0 fully saturated rings. The third kappa shape index (κ3) is 2.97. The van der Waals surface area contributed by atoms with E-state index in [1.165, 1.54) is 12.1 Å². The van der Waals surface area contributed by atoms with Crippen LogP contribution in [0, 0.1) is 15.9 Å². The SMILES string of the molecule is CC(N)c1ccn(Cc2cc(F)ccc2[N+](=O)[O-])c1. The number of nitro groups is 1. The molecule has 0 aliphatic carbocycles. The number of nitrogens with two attached hydrogens (primary N) is 1. The van der Waals surface area contributed by atoms with E-state index >= 15 is 0 Å². The van der Waals surface area contributed by atoms with Gasteiger partial charge in [-0.25, -0.2) is 4.39 Å². The Bertz CT molecular complexity index is 608. The minimum Gasteiger partial charge on any atom is -0.349 e. The highest BCUT2D eigenvalue weighted by Gasteiger charge is 2.15. The van der Waals surface area contributed by atoms with E-state index in [1.807, 2.05) is 13.0 Å². The fourth-order valence-electron chi connectivity index (χ4n) is 1.88. The van der Waals surface area contributed by atoms with Gasteiger partial charge in [-0.05, 0) is 30.7 Å². The molecular formula is C13H14FN3O2. The standard InChI is InChI=1S/C13H14FN3O2/c1-9(15)10-4-5-16(7-10)8-11-6-12(14)2-3-13(11)17(18)19/h2-7,9H,8,15H2,1H3. The highest BCUT2D eigenvalue weighted by Crippen LogP contribution is 2.21. The predicted octanol–water partition coefficient (Wildman–Crippen LogP) is 2.60. The molecule has 0 aliphatic rings. The molecule has 0 bridgehead atoms. The second kappa shape index (κ2) is 5.19. The molecule has 1 aromatic carbocycles. The maximum atomic E-state index is 13.2. The largest absolute Gasteiger partial charge is 0.349 e. The Kier molecular flexibility index (Phi) is 3.62. The number of hydrogen-bond donors (Lipinski definition) is 1. The first-order chi connectivity index (χ1) is 8.97. The number of halogens is 1. The van der Waals surface area contributed by atoms with E-state index in [9.17, 15) is 14.5 Å². The number of aromatic nitrogens is 1. The maximum Gasteiger partial charge on any atom is 0.274 e. The van der Waals surface area contributed by atoms with Gasteiger partial charge in [0.1, 0.15) is 5.82 Å². The van der Waals surface area contributed by atoms with Crippen LogP contribution in [0.4, 0.5) is 10.1 Å². The van der Waals surface area contributed by atoms with Crippen molar-refractivity contribution in [1.29, 1.82) is 0 Å². The number of nitro benzene ring substituents is 1. The van der Waals surface area contributed by atoms with E-state index in [0.29, 0.717) is 5.56 Å². The lowest BCUT2D eigenvalue weighted by Gasteiger charge is -2.05. The summed E-state index contributed by atoms with van der Waals surface area (Å²) in [5, 5.41) is 10.9. The van der Waals surface area contributed by atoms with Gasteiger partial charge in [0.2, 0.25) is 0 Å². The zero-order chi connectivity index (χ0) is 14.0. The molecule has 2 aromatic rings. The van der Waals surface area contributed by atoms with Crippen LogP contribution in [0.25, 0.3) is 0 Å². The van der Waals surface area contributed by atoms with Crippen molar-refractivity contribution in [3.8, 4) is 0 Å². The number of rotatable bonds is 4. The van der Waals surface area contributed by atoms with Gasteiger partial charge in [0, 0.05) is 24.5 Å². The van der Waals surface area contributed by atoms with Crippen molar-refractivity contribution in [3.05, 3.63) is 63.7 Å². The van der Waals surface area contributed by atoms with Crippen LogP contribution in [-0.4, -0.2) is 9.49 Å². The smallest absolute Gasteiger partial charge is 0.274 e. The van der Waals surface area contributed by atoms with Gasteiger partial charge in [-0.15, -0.1) is 0 Å². The molecule has 0 saturated carbocycles. The summed E-state index contributed by atoms with van der Waals surface area (Å²) >= 11 is 0. The molecular weight excluding hydrogens is 249 g/mol. The predicted molar refractivity (Wildman–Crippen MR) is 69.2 cm³/mol. The molecule has 2 N–H and O–H groups in total. The lowest BCUT2D eigenvalue weighted by Crippen LogP contribution is -2.05. The zero-order valence-corrected chi connectivity index (χ0v) is 10.4. The van der Waals surface area contributed by atoms with E-state index < -0.39 is 10.7 Å². The quantitative estimate of drug-likeness (QED) is 0.680. The van der Waals surface area contributed by atoms with E-state index in [4.69, 9.17) is 5.73 Å². The topological polar surface area (TPSA) is 74.1 Å². The van der Waals surface area contributed by atoms with E-state index in [1.54, 1.807) is 17.0 Å². The summed E-state index contributed by atoms with van der Waals surface area (Å²) < 4.78 is 14.9. The number of nitrogens with zero attached hydrogens (tertiary/aromatic N) is 2. The van der Waals surface area contributed by atoms with E-state index in [2.05, 4.69) is 0 Å². The van der Waals surface area contributed by atoms with Gasteiger partial charge in [0.25, 0.3) is 5.69 Å². The lowest BCUT2D eigenvalue weighted by atomic mass is 10.1. The van der Waals surface area contributed by atoms with Gasteiger partial charge in [-0.2, -0.15) is 0 Å². The van der Waals surface area contributed by atoms with Gasteiger partial charge >= 0.3 is 0 Å². The first-order valence-corrected chi connectivity index (χ1v) is 5.81. The zero-order valence-electron chi connectivity index (χ0n) is 10.4. The van der Waals surface area contributed by atoms with Crippen molar-refractivity contribution in [2.45, 2.75) is 19.5 Å². The molecule has 0 radical (unpaired) electrons. The first-order valence-electron chi connectivity index (χ1n) is 5.81. The first kappa shape index (κ1) is 13.2. The summed E-state index contributed by atoms with van der Waals surface area (Å²) in [6.45, 7) is 2.09. The number of hydrogen-bond acceptors (Lipinski definition) is 3. The second-order valence-electron chi connectivity index (χ2n) is 4.44. The molecule has 6 heteroatoms. The van der Waals surface area contributed by atoms with Crippen LogP contribution in [0.5, 0.6) is 0 Å². The molecule has 1 unspecified atom stereocenters. The van der Waals surface area contributed by atoms with E-state index in [0.717, 1.165) is 11.6 Å². The van der Waals surface area contributed by atoms with E-state index in [-0.39, 0.29) is 18.3 Å². The Morgan fingerprint density at radius 2 is 2.21 bits per heavy atom. The average Bonchev–Trinajstić information content (AvgIpc) is 2.77.